The van der Waals surface area contributed by atoms with E-state index < -0.39 is 10.0 Å². The van der Waals surface area contributed by atoms with Crippen molar-refractivity contribution in [1.82, 2.24) is 14.9 Å². The zero-order valence-corrected chi connectivity index (χ0v) is 14.8. The van der Waals surface area contributed by atoms with Gasteiger partial charge in [-0.15, -0.1) is 0 Å². The molecule has 0 spiro atoms. The summed E-state index contributed by atoms with van der Waals surface area (Å²) in [5.41, 5.74) is 1.92. The molecule has 0 unspecified atom stereocenters. The van der Waals surface area contributed by atoms with Gasteiger partial charge in [0.05, 0.1) is 6.26 Å². The number of benzene rings is 1. The van der Waals surface area contributed by atoms with Crippen LogP contribution in [0.5, 0.6) is 0 Å². The molecule has 24 heavy (non-hydrogen) atoms. The molecule has 2 fully saturated rings. The van der Waals surface area contributed by atoms with E-state index in [9.17, 15) is 13.2 Å². The fourth-order valence-electron chi connectivity index (χ4n) is 3.64. The maximum Gasteiger partial charge on any atom is 0.254 e. The number of hydrogen-bond acceptors (Lipinski definition) is 4. The molecule has 0 radical (unpaired) electrons. The van der Waals surface area contributed by atoms with E-state index in [4.69, 9.17) is 0 Å². The highest BCUT2D eigenvalue weighted by atomic mass is 32.2. The molecule has 2 aliphatic heterocycles. The molecule has 2 N–H and O–H groups in total. The number of likely N-dealkylation sites (tertiary alicyclic amines) is 1. The summed E-state index contributed by atoms with van der Waals surface area (Å²) >= 11 is 0. The lowest BCUT2D eigenvalue weighted by atomic mass is 9.92. The van der Waals surface area contributed by atoms with Crippen LogP contribution in [-0.2, 0) is 10.0 Å². The predicted octanol–water partition coefficient (Wildman–Crippen LogP) is 0.917. The summed E-state index contributed by atoms with van der Waals surface area (Å²) in [6.45, 7) is 3.09. The van der Waals surface area contributed by atoms with E-state index in [0.717, 1.165) is 30.6 Å². The van der Waals surface area contributed by atoms with E-state index in [0.29, 0.717) is 31.8 Å². The Morgan fingerprint density at radius 2 is 1.92 bits per heavy atom. The Kier molecular flexibility index (Phi) is 5.22. The number of nitrogens with zero attached hydrogens (tertiary/aromatic N) is 1. The topological polar surface area (TPSA) is 78.5 Å². The van der Waals surface area contributed by atoms with Crippen LogP contribution in [0.1, 0.15) is 41.1 Å². The molecular formula is C17H25N3O3S. The summed E-state index contributed by atoms with van der Waals surface area (Å²) in [5.74, 6) is 0.463. The van der Waals surface area contributed by atoms with Crippen LogP contribution in [0.2, 0.25) is 0 Å². The van der Waals surface area contributed by atoms with Gasteiger partial charge < -0.3 is 10.2 Å². The van der Waals surface area contributed by atoms with E-state index in [2.05, 4.69) is 16.1 Å². The fraction of sp³-hybridized carbons (Fsp3) is 0.588. The lowest BCUT2D eigenvalue weighted by Gasteiger charge is -2.32. The third-order valence-corrected chi connectivity index (χ3v) is 5.62. The van der Waals surface area contributed by atoms with E-state index >= 15 is 0 Å². The molecular weight excluding hydrogens is 326 g/mol. The second-order valence-corrected chi connectivity index (χ2v) is 8.51. The third-order valence-electron chi connectivity index (χ3n) is 4.85. The zero-order valence-electron chi connectivity index (χ0n) is 14.0. The SMILES string of the molecule is CS(=O)(=O)NC1CCN(C(=O)c2ccccc2[C@@H]2CCNC2)CC1. The number of piperidine rings is 1. The molecule has 6 nitrogen and oxygen atoms in total. The standard InChI is InChI=1S/C17H25N3O3S/c1-24(22,23)19-14-7-10-20(11-8-14)17(21)16-5-3-2-4-15(16)13-6-9-18-12-13/h2-5,13-14,18-19H,6-12H2,1H3/t13-/m1/s1. The predicted molar refractivity (Wildman–Crippen MR) is 93.6 cm³/mol. The van der Waals surface area contributed by atoms with E-state index in [1.54, 1.807) is 0 Å². The van der Waals surface area contributed by atoms with E-state index in [1.165, 1.54) is 6.26 Å². The molecule has 3 rings (SSSR count). The highest BCUT2D eigenvalue weighted by molar-refractivity contribution is 7.88. The summed E-state index contributed by atoms with van der Waals surface area (Å²) < 4.78 is 25.3. The van der Waals surface area contributed by atoms with Crippen molar-refractivity contribution in [3.8, 4) is 0 Å². The molecule has 2 saturated heterocycles. The fourth-order valence-corrected chi connectivity index (χ4v) is 4.48. The summed E-state index contributed by atoms with van der Waals surface area (Å²) in [6, 6.07) is 7.81. The largest absolute Gasteiger partial charge is 0.339 e. The molecule has 132 valence electrons. The van der Waals surface area contributed by atoms with Gasteiger partial charge in [-0.25, -0.2) is 13.1 Å². The molecule has 7 heteroatoms. The van der Waals surface area contributed by atoms with Crippen molar-refractivity contribution in [2.75, 3.05) is 32.4 Å². The number of nitrogens with one attached hydrogen (secondary N) is 2. The van der Waals surface area contributed by atoms with Gasteiger partial charge in [0.2, 0.25) is 10.0 Å². The van der Waals surface area contributed by atoms with E-state index in [1.807, 2.05) is 23.1 Å². The molecule has 0 aromatic heterocycles. The third kappa shape index (κ3) is 4.15. The Morgan fingerprint density at radius 1 is 1.21 bits per heavy atom. The molecule has 2 aliphatic rings. The summed E-state index contributed by atoms with van der Waals surface area (Å²) in [7, 11) is -3.19. The Hall–Kier alpha value is -1.44. The number of amides is 1. The Morgan fingerprint density at radius 3 is 2.54 bits per heavy atom. The number of carbonyl (C=O) groups excluding carboxylic acids is 1. The number of sulfonamides is 1. The number of hydrogen-bond donors (Lipinski definition) is 2. The van der Waals surface area contributed by atoms with E-state index in [-0.39, 0.29) is 11.9 Å². The number of rotatable bonds is 4. The van der Waals surface area contributed by atoms with Crippen LogP contribution in [0.15, 0.2) is 24.3 Å². The van der Waals surface area contributed by atoms with Gasteiger partial charge in [0.1, 0.15) is 0 Å². The quantitative estimate of drug-likeness (QED) is 0.845. The zero-order chi connectivity index (χ0) is 17.2. The first-order valence-corrected chi connectivity index (χ1v) is 10.4. The summed E-state index contributed by atoms with van der Waals surface area (Å²) in [4.78, 5) is 14.8. The van der Waals surface area contributed by atoms with Crippen LogP contribution in [0, 0.1) is 0 Å². The van der Waals surface area contributed by atoms with Crippen LogP contribution in [0.25, 0.3) is 0 Å². The first kappa shape index (κ1) is 17.4. The Balaban J connectivity index is 1.68. The van der Waals surface area contributed by atoms with Gasteiger partial charge in [-0.05, 0) is 43.4 Å². The van der Waals surface area contributed by atoms with Gasteiger partial charge in [-0.1, -0.05) is 18.2 Å². The van der Waals surface area contributed by atoms with Gasteiger partial charge in [0.15, 0.2) is 0 Å². The van der Waals surface area contributed by atoms with Crippen molar-refractivity contribution in [2.45, 2.75) is 31.2 Å². The van der Waals surface area contributed by atoms with Crippen LogP contribution >= 0.6 is 0 Å². The molecule has 1 aromatic carbocycles. The minimum atomic E-state index is -3.19. The lowest BCUT2D eigenvalue weighted by molar-refractivity contribution is 0.0710. The van der Waals surface area contributed by atoms with Crippen LogP contribution in [0.4, 0.5) is 0 Å². The molecule has 0 bridgehead atoms. The Labute approximate surface area is 143 Å². The molecule has 0 aliphatic carbocycles. The average molecular weight is 351 g/mol. The van der Waals surface area contributed by atoms with Crippen molar-refractivity contribution in [3.05, 3.63) is 35.4 Å². The van der Waals surface area contributed by atoms with Gasteiger partial charge in [-0.3, -0.25) is 4.79 Å². The van der Waals surface area contributed by atoms with Crippen molar-refractivity contribution in [1.29, 1.82) is 0 Å². The van der Waals surface area contributed by atoms with Crippen molar-refractivity contribution < 1.29 is 13.2 Å². The normalized spacial score (nSPS) is 22.7. The minimum Gasteiger partial charge on any atom is -0.339 e. The smallest absolute Gasteiger partial charge is 0.254 e. The second-order valence-electron chi connectivity index (χ2n) is 6.73. The monoisotopic (exact) mass is 351 g/mol. The van der Waals surface area contributed by atoms with Crippen LogP contribution in [0.3, 0.4) is 0 Å². The first-order chi connectivity index (χ1) is 11.4. The van der Waals surface area contributed by atoms with Gasteiger partial charge in [0, 0.05) is 31.2 Å². The molecule has 1 amide bonds. The minimum absolute atomic E-state index is 0.0651. The summed E-state index contributed by atoms with van der Waals surface area (Å²) in [6.07, 6.45) is 3.55. The maximum absolute atomic E-state index is 12.9. The molecule has 0 saturated carbocycles. The second kappa shape index (κ2) is 7.21. The number of carbonyl (C=O) groups is 1. The summed E-state index contributed by atoms with van der Waals surface area (Å²) in [5, 5.41) is 3.35. The average Bonchev–Trinajstić information content (AvgIpc) is 3.08. The van der Waals surface area contributed by atoms with Crippen LogP contribution < -0.4 is 10.0 Å². The molecule has 1 atom stereocenters. The van der Waals surface area contributed by atoms with Crippen LogP contribution in [-0.4, -0.2) is 57.7 Å². The van der Waals surface area contributed by atoms with Gasteiger partial charge in [-0.2, -0.15) is 0 Å². The highest BCUT2D eigenvalue weighted by Gasteiger charge is 2.28. The maximum atomic E-state index is 12.9. The van der Waals surface area contributed by atoms with Crippen molar-refractivity contribution in [2.24, 2.45) is 0 Å². The Bertz CT molecular complexity index is 691. The van der Waals surface area contributed by atoms with Crippen molar-refractivity contribution >= 4 is 15.9 Å². The van der Waals surface area contributed by atoms with Crippen molar-refractivity contribution in [3.63, 3.8) is 0 Å². The van der Waals surface area contributed by atoms with Gasteiger partial charge >= 0.3 is 0 Å². The molecule has 1 aromatic rings. The lowest BCUT2D eigenvalue weighted by Crippen LogP contribution is -2.46. The first-order valence-electron chi connectivity index (χ1n) is 8.50. The highest BCUT2D eigenvalue weighted by Crippen LogP contribution is 2.27. The van der Waals surface area contributed by atoms with Gasteiger partial charge in [0.25, 0.3) is 5.91 Å². The molecule has 2 heterocycles.